The van der Waals surface area contributed by atoms with Crippen LogP contribution in [0, 0.1) is 0 Å². The van der Waals surface area contributed by atoms with Crippen molar-refractivity contribution >= 4 is 40.0 Å². The highest BCUT2D eigenvalue weighted by Gasteiger charge is 2.56. The molecule has 0 bridgehead atoms. The minimum atomic E-state index is -5.16. The second-order valence-electron chi connectivity index (χ2n) is 20.4. The van der Waals surface area contributed by atoms with E-state index in [1.54, 1.807) is 0 Å². The molecule has 4 amide bonds. The maximum absolute atomic E-state index is 13.4. The lowest BCUT2D eigenvalue weighted by molar-refractivity contribution is -0.361. The smallest absolute Gasteiger partial charge is 0.397 e. The summed E-state index contributed by atoms with van der Waals surface area (Å²) in [5.74, 6) is -3.71. The first-order chi connectivity index (χ1) is 37.9. The fourth-order valence-corrected chi connectivity index (χ4v) is 10.2. The maximum atomic E-state index is 13.4. The molecule has 20 atom stereocenters. The van der Waals surface area contributed by atoms with Crippen LogP contribution in [0.3, 0.4) is 0 Å². The average Bonchev–Trinajstić information content (AvgIpc) is 3.38. The molecule has 4 aliphatic heterocycles. The van der Waals surface area contributed by atoms with Gasteiger partial charge in [0.05, 0.1) is 19.8 Å². The number of aliphatic hydroxyl groups excluding tert-OH is 8. The predicted molar refractivity (Wildman–Crippen MR) is 274 cm³/mol. The molecule has 4 rings (SSSR count). The van der Waals surface area contributed by atoms with Crippen molar-refractivity contribution in [2.75, 3.05) is 26.4 Å². The van der Waals surface area contributed by atoms with Crippen LogP contribution in [0.2, 0.25) is 0 Å². The van der Waals surface area contributed by atoms with Gasteiger partial charge >= 0.3 is 16.4 Å². The summed E-state index contributed by atoms with van der Waals surface area (Å²) < 4.78 is 83.4. The second kappa shape index (κ2) is 34.2. The zero-order valence-corrected chi connectivity index (χ0v) is 46.7. The highest BCUT2D eigenvalue weighted by atomic mass is 32.3. The molecule has 4 saturated heterocycles. The maximum Gasteiger partial charge on any atom is 0.397 e. The summed E-state index contributed by atoms with van der Waals surface area (Å²) in [5, 5.41) is 99.6. The molecule has 0 radical (unpaired) electrons. The Balaban J connectivity index is 1.51. The summed E-state index contributed by atoms with van der Waals surface area (Å²) in [7, 11) is -5.16. The Bertz CT molecular complexity index is 2060. The van der Waals surface area contributed by atoms with Crippen molar-refractivity contribution in [1.29, 1.82) is 0 Å². The van der Waals surface area contributed by atoms with E-state index in [4.69, 9.17) is 37.9 Å². The van der Waals surface area contributed by atoms with Crippen LogP contribution in [0.1, 0.15) is 125 Å². The van der Waals surface area contributed by atoms with Crippen LogP contribution in [-0.4, -0.2) is 232 Å². The lowest BCUT2D eigenvalue weighted by atomic mass is 9.93. The number of allylic oxidation sites excluding steroid dienone is 2. The molecule has 30 heteroatoms. The van der Waals surface area contributed by atoms with Gasteiger partial charge in [-0.3, -0.25) is 28.5 Å². The Hall–Kier alpha value is -3.64. The van der Waals surface area contributed by atoms with Gasteiger partial charge in [0.15, 0.2) is 25.2 Å². The average molecular weight is 1180 g/mol. The summed E-state index contributed by atoms with van der Waals surface area (Å²) >= 11 is 0. The van der Waals surface area contributed by atoms with Crippen molar-refractivity contribution in [2.45, 2.75) is 247 Å². The van der Waals surface area contributed by atoms with Crippen molar-refractivity contribution in [1.82, 2.24) is 21.3 Å². The molecule has 462 valence electrons. The molecule has 0 aromatic rings. The number of nitrogens with one attached hydrogen (secondary N) is 4. The lowest BCUT2D eigenvalue weighted by Gasteiger charge is -2.51. The summed E-state index contributed by atoms with van der Waals surface area (Å²) in [6.07, 6.45) is -11.3. The van der Waals surface area contributed by atoms with Gasteiger partial charge in [0.25, 0.3) is 0 Å². The zero-order chi connectivity index (χ0) is 59.3. The van der Waals surface area contributed by atoms with Gasteiger partial charge in [0.1, 0.15) is 104 Å². The van der Waals surface area contributed by atoms with Crippen LogP contribution < -0.4 is 21.3 Å². The first-order valence-corrected chi connectivity index (χ1v) is 28.7. The number of esters is 1. The van der Waals surface area contributed by atoms with E-state index in [0.717, 1.165) is 79.1 Å². The number of carbonyl (C=O) groups is 5. The summed E-state index contributed by atoms with van der Waals surface area (Å²) in [6, 6.07) is -6.66. The van der Waals surface area contributed by atoms with Gasteiger partial charge in [0.2, 0.25) is 23.6 Å². The molecular weight excluding hydrogens is 1090 g/mol. The number of unbranched alkanes of at least 4 members (excludes halogenated alkanes) is 11. The van der Waals surface area contributed by atoms with Crippen LogP contribution in [0.4, 0.5) is 0 Å². The normalized spacial score (nSPS) is 34.8. The second-order valence-corrected chi connectivity index (χ2v) is 21.5. The summed E-state index contributed by atoms with van der Waals surface area (Å²) in [4.78, 5) is 62.6. The monoisotopic (exact) mass is 1170 g/mol. The standard InChI is InChI=1S/C50H86N4O25S/c1-6-7-8-9-10-11-12-13-14-15-16-17-18-19-20-21-34(61)54-36-40(63)39(62)32(24-71-29(5)60)76-48(36)77-44-30(22-55)74-49(37(42(44)65)52-27(3)58)78-45-31(23-56)75-50(38(43(45)66)53-28(4)59)79-46-33(25-72-80(68,69)70)73-47(67)35(41(46)64)51-26(2)57/h11-12,30-33,35-50,55-56,62-67H,6-10,13-25H2,1-5H3,(H,51,57)(H,52,58)(H,53,59)(H,54,61)(H,68,69,70)/b12-11-/t30?,31?,32?,33?,35-,36-,37?,38?,39+,40?,41?,42?,43?,44+,45+,46+,47+,48-,49-,50-/m0/s1. The first-order valence-electron chi connectivity index (χ1n) is 27.3. The first kappa shape index (κ1) is 68.9. The molecule has 4 heterocycles. The van der Waals surface area contributed by atoms with Gasteiger partial charge in [-0.1, -0.05) is 70.4 Å². The molecule has 29 nitrogen and oxygen atoms in total. The van der Waals surface area contributed by atoms with Crippen LogP contribution in [-0.2, 0) is 76.4 Å². The van der Waals surface area contributed by atoms with E-state index in [1.165, 1.54) is 25.7 Å². The van der Waals surface area contributed by atoms with Crippen molar-refractivity contribution in [3.8, 4) is 0 Å². The van der Waals surface area contributed by atoms with Crippen LogP contribution in [0.25, 0.3) is 0 Å². The van der Waals surface area contributed by atoms with E-state index >= 15 is 0 Å². The van der Waals surface area contributed by atoms with E-state index in [9.17, 15) is 77.8 Å². The number of rotatable bonds is 32. The van der Waals surface area contributed by atoms with E-state index in [1.807, 2.05) is 0 Å². The van der Waals surface area contributed by atoms with Crippen molar-refractivity contribution in [3.05, 3.63) is 12.2 Å². The number of amides is 4. The van der Waals surface area contributed by atoms with Crippen molar-refractivity contribution in [3.63, 3.8) is 0 Å². The van der Waals surface area contributed by atoms with E-state index in [0.29, 0.717) is 6.42 Å². The zero-order valence-electron chi connectivity index (χ0n) is 45.9. The number of aliphatic hydroxyl groups is 8. The molecule has 80 heavy (non-hydrogen) atoms. The predicted octanol–water partition coefficient (Wildman–Crippen LogP) is -2.76. The highest BCUT2D eigenvalue weighted by Crippen LogP contribution is 2.35. The third kappa shape index (κ3) is 21.5. The van der Waals surface area contributed by atoms with Gasteiger partial charge in [-0.2, -0.15) is 8.42 Å². The molecule has 0 aliphatic carbocycles. The Labute approximate surface area is 465 Å². The van der Waals surface area contributed by atoms with Crippen molar-refractivity contribution < 1.29 is 120 Å². The van der Waals surface area contributed by atoms with Crippen LogP contribution in [0.5, 0.6) is 0 Å². The summed E-state index contributed by atoms with van der Waals surface area (Å²) in [5.41, 5.74) is 0. The molecule has 0 spiro atoms. The van der Waals surface area contributed by atoms with Crippen LogP contribution >= 0.6 is 0 Å². The van der Waals surface area contributed by atoms with Gasteiger partial charge in [0, 0.05) is 34.1 Å². The number of hydrogen-bond donors (Lipinski definition) is 13. The third-order valence-electron chi connectivity index (χ3n) is 13.9. The number of hydrogen-bond acceptors (Lipinski definition) is 24. The largest absolute Gasteiger partial charge is 0.463 e. The van der Waals surface area contributed by atoms with Gasteiger partial charge < -0.3 is 100 Å². The SMILES string of the molecule is CCCCCC/C=C\CCCCCCCCCC(=O)N[C@H]1C(O)[C@H](O)C(COC(C)=O)O[C@H]1O[C@@H]1C(CO)O[C@@H](O[C@@H]2C(CO)O[C@@H](O[C@@H]3C(COS(=O)(=O)O)O[C@@H](O)[C@@H](NC(C)=O)C3O)C(NC(C)=O)C2O)C(NC(C)=O)C1O. The quantitative estimate of drug-likeness (QED) is 0.0140. The Kier molecular flexibility index (Phi) is 29.4. The minimum absolute atomic E-state index is 0.0118. The number of carbonyl (C=O) groups excluding carboxylic acids is 5. The molecule has 0 saturated carbocycles. The van der Waals surface area contributed by atoms with E-state index in [-0.39, 0.29) is 6.42 Å². The molecule has 0 aromatic heterocycles. The number of ether oxygens (including phenoxy) is 8. The molecule has 10 unspecified atom stereocenters. The summed E-state index contributed by atoms with van der Waals surface area (Å²) in [6.45, 7) is 2.69. The van der Waals surface area contributed by atoms with Gasteiger partial charge in [-0.25, -0.2) is 4.18 Å². The Morgan fingerprint density at radius 1 is 0.500 bits per heavy atom. The fourth-order valence-electron chi connectivity index (χ4n) is 9.88. The lowest BCUT2D eigenvalue weighted by Crippen LogP contribution is -2.71. The van der Waals surface area contributed by atoms with Crippen LogP contribution in [0.15, 0.2) is 12.2 Å². The highest BCUT2D eigenvalue weighted by molar-refractivity contribution is 7.80. The molecule has 4 fully saturated rings. The Morgan fingerprint density at radius 2 is 0.912 bits per heavy atom. The minimum Gasteiger partial charge on any atom is -0.463 e. The topological polar surface area (TPSA) is 433 Å². The van der Waals surface area contributed by atoms with E-state index < -0.39 is 189 Å². The molecule has 13 N–H and O–H groups in total. The Morgan fingerprint density at radius 3 is 1.36 bits per heavy atom. The van der Waals surface area contributed by atoms with Crippen molar-refractivity contribution in [2.24, 2.45) is 0 Å². The van der Waals surface area contributed by atoms with Gasteiger partial charge in [-0.15, -0.1) is 0 Å². The van der Waals surface area contributed by atoms with Gasteiger partial charge in [-0.05, 0) is 32.1 Å². The van der Waals surface area contributed by atoms with E-state index in [2.05, 4.69) is 44.5 Å². The third-order valence-corrected chi connectivity index (χ3v) is 14.3. The molecular formula is C50H86N4O25S. The molecule has 0 aromatic carbocycles. The molecule has 4 aliphatic rings. The fraction of sp³-hybridized carbons (Fsp3) is 0.860.